The Morgan fingerprint density at radius 2 is 1.72 bits per heavy atom. The van der Waals surface area contributed by atoms with Crippen LogP contribution in [0.3, 0.4) is 0 Å². The predicted octanol–water partition coefficient (Wildman–Crippen LogP) is 0.405. The Balaban J connectivity index is 1.52. The SMILES string of the molecule is O=C(O)C1(C(=O)N2CCN(CC3CC3)CC2)CC1. The van der Waals surface area contributed by atoms with Crippen molar-refractivity contribution in [1.82, 2.24) is 9.80 Å². The number of carboxylic acid groups (broad SMARTS) is 1. The molecule has 2 saturated carbocycles. The maximum Gasteiger partial charge on any atom is 0.319 e. The molecule has 3 fully saturated rings. The first-order chi connectivity index (χ1) is 8.62. The highest BCUT2D eigenvalue weighted by molar-refractivity contribution is 6.04. The van der Waals surface area contributed by atoms with E-state index < -0.39 is 11.4 Å². The largest absolute Gasteiger partial charge is 0.480 e. The molecule has 1 heterocycles. The number of hydrogen-bond acceptors (Lipinski definition) is 3. The van der Waals surface area contributed by atoms with Gasteiger partial charge in [-0.2, -0.15) is 0 Å². The summed E-state index contributed by atoms with van der Waals surface area (Å²) < 4.78 is 0. The Morgan fingerprint density at radius 3 is 2.17 bits per heavy atom. The molecule has 0 spiro atoms. The van der Waals surface area contributed by atoms with Gasteiger partial charge < -0.3 is 10.0 Å². The molecule has 100 valence electrons. The summed E-state index contributed by atoms with van der Waals surface area (Å²) in [6, 6.07) is 0. The third-order valence-corrected chi connectivity index (χ3v) is 4.44. The monoisotopic (exact) mass is 252 g/mol. The topological polar surface area (TPSA) is 60.9 Å². The molecule has 0 aromatic heterocycles. The molecule has 1 saturated heterocycles. The lowest BCUT2D eigenvalue weighted by atomic mass is 10.1. The quantitative estimate of drug-likeness (QED) is 0.736. The van der Waals surface area contributed by atoms with Crippen molar-refractivity contribution in [2.75, 3.05) is 32.7 Å². The van der Waals surface area contributed by atoms with Crippen LogP contribution in [0.15, 0.2) is 0 Å². The molecule has 0 atom stereocenters. The van der Waals surface area contributed by atoms with E-state index in [1.165, 1.54) is 12.8 Å². The standard InChI is InChI=1S/C13H20N2O3/c16-11(13(3-4-13)12(17)18)15-7-5-14(6-8-15)9-10-1-2-10/h10H,1-9H2,(H,17,18). The molecular weight excluding hydrogens is 232 g/mol. The Bertz CT molecular complexity index is 366. The number of nitrogens with zero attached hydrogens (tertiary/aromatic N) is 2. The maximum absolute atomic E-state index is 12.2. The van der Waals surface area contributed by atoms with Crippen molar-refractivity contribution in [2.45, 2.75) is 25.7 Å². The van der Waals surface area contributed by atoms with Crippen molar-refractivity contribution >= 4 is 11.9 Å². The zero-order valence-electron chi connectivity index (χ0n) is 10.6. The molecule has 5 nitrogen and oxygen atoms in total. The van der Waals surface area contributed by atoms with Crippen LogP contribution >= 0.6 is 0 Å². The van der Waals surface area contributed by atoms with Crippen molar-refractivity contribution in [3.8, 4) is 0 Å². The lowest BCUT2D eigenvalue weighted by Crippen LogP contribution is -2.52. The maximum atomic E-state index is 12.2. The Labute approximate surface area is 107 Å². The fourth-order valence-electron chi connectivity index (χ4n) is 2.75. The smallest absolute Gasteiger partial charge is 0.319 e. The van der Waals surface area contributed by atoms with Crippen LogP contribution in [0, 0.1) is 11.3 Å². The first-order valence-electron chi connectivity index (χ1n) is 6.87. The van der Waals surface area contributed by atoms with Crippen LogP contribution in [-0.4, -0.2) is 59.5 Å². The van der Waals surface area contributed by atoms with Crippen LogP contribution in [-0.2, 0) is 9.59 Å². The van der Waals surface area contributed by atoms with Gasteiger partial charge in [0.25, 0.3) is 0 Å². The third-order valence-electron chi connectivity index (χ3n) is 4.44. The van der Waals surface area contributed by atoms with E-state index in [0.29, 0.717) is 25.9 Å². The molecule has 5 heteroatoms. The van der Waals surface area contributed by atoms with E-state index in [1.54, 1.807) is 4.90 Å². The number of carbonyl (C=O) groups excluding carboxylic acids is 1. The van der Waals surface area contributed by atoms with E-state index in [2.05, 4.69) is 4.90 Å². The number of hydrogen-bond donors (Lipinski definition) is 1. The van der Waals surface area contributed by atoms with Gasteiger partial charge in [-0.05, 0) is 31.6 Å². The molecule has 3 rings (SSSR count). The van der Waals surface area contributed by atoms with Crippen LogP contribution < -0.4 is 0 Å². The average molecular weight is 252 g/mol. The molecule has 0 aromatic carbocycles. The van der Waals surface area contributed by atoms with Gasteiger partial charge in [0.05, 0.1) is 0 Å². The van der Waals surface area contributed by atoms with E-state index in [4.69, 9.17) is 5.11 Å². The Kier molecular flexibility index (Phi) is 2.81. The molecule has 18 heavy (non-hydrogen) atoms. The van der Waals surface area contributed by atoms with Gasteiger partial charge >= 0.3 is 5.97 Å². The minimum Gasteiger partial charge on any atom is -0.480 e. The van der Waals surface area contributed by atoms with Crippen LogP contribution in [0.1, 0.15) is 25.7 Å². The first kappa shape index (κ1) is 12.0. The van der Waals surface area contributed by atoms with Gasteiger partial charge in [-0.1, -0.05) is 0 Å². The Hall–Kier alpha value is -1.10. The van der Waals surface area contributed by atoms with Crippen LogP contribution in [0.25, 0.3) is 0 Å². The highest BCUT2D eigenvalue weighted by Gasteiger charge is 2.58. The second-order valence-corrected chi connectivity index (χ2v) is 5.92. The summed E-state index contributed by atoms with van der Waals surface area (Å²) in [4.78, 5) is 27.5. The lowest BCUT2D eigenvalue weighted by Gasteiger charge is -2.36. The van der Waals surface area contributed by atoms with Gasteiger partial charge in [-0.25, -0.2) is 0 Å². The van der Waals surface area contributed by atoms with Crippen LogP contribution in [0.5, 0.6) is 0 Å². The van der Waals surface area contributed by atoms with Crippen molar-refractivity contribution in [3.63, 3.8) is 0 Å². The van der Waals surface area contributed by atoms with Crippen LogP contribution in [0.2, 0.25) is 0 Å². The highest BCUT2D eigenvalue weighted by Crippen LogP contribution is 2.47. The third kappa shape index (κ3) is 2.11. The lowest BCUT2D eigenvalue weighted by molar-refractivity contribution is -0.154. The summed E-state index contributed by atoms with van der Waals surface area (Å²) in [7, 11) is 0. The number of piperazine rings is 1. The van der Waals surface area contributed by atoms with Crippen molar-refractivity contribution < 1.29 is 14.7 Å². The molecule has 0 radical (unpaired) electrons. The minimum absolute atomic E-state index is 0.152. The number of amides is 1. The van der Waals surface area contributed by atoms with E-state index in [1.807, 2.05) is 0 Å². The summed E-state index contributed by atoms with van der Waals surface area (Å²) in [6.07, 6.45) is 3.73. The van der Waals surface area contributed by atoms with Crippen LogP contribution in [0.4, 0.5) is 0 Å². The molecular formula is C13H20N2O3. The second kappa shape index (κ2) is 4.23. The van der Waals surface area contributed by atoms with Crippen molar-refractivity contribution in [3.05, 3.63) is 0 Å². The predicted molar refractivity (Wildman–Crippen MR) is 65.0 cm³/mol. The number of rotatable bonds is 4. The first-order valence-corrected chi connectivity index (χ1v) is 6.87. The molecule has 1 amide bonds. The molecule has 0 aromatic rings. The Morgan fingerprint density at radius 1 is 1.11 bits per heavy atom. The fourth-order valence-corrected chi connectivity index (χ4v) is 2.75. The van der Waals surface area contributed by atoms with E-state index >= 15 is 0 Å². The van der Waals surface area contributed by atoms with Crippen molar-refractivity contribution in [1.29, 1.82) is 0 Å². The van der Waals surface area contributed by atoms with Gasteiger partial charge in [-0.3, -0.25) is 14.5 Å². The molecule has 1 N–H and O–H groups in total. The van der Waals surface area contributed by atoms with Gasteiger partial charge in [0.2, 0.25) is 5.91 Å². The zero-order valence-corrected chi connectivity index (χ0v) is 10.6. The minimum atomic E-state index is -1.06. The van der Waals surface area contributed by atoms with E-state index in [9.17, 15) is 9.59 Å². The van der Waals surface area contributed by atoms with Crippen molar-refractivity contribution in [2.24, 2.45) is 11.3 Å². The molecule has 0 unspecified atom stereocenters. The number of carbonyl (C=O) groups is 2. The summed E-state index contributed by atoms with van der Waals surface area (Å²) in [5.41, 5.74) is -1.06. The molecule has 1 aliphatic heterocycles. The van der Waals surface area contributed by atoms with Gasteiger partial charge in [0.15, 0.2) is 0 Å². The average Bonchev–Trinajstić information content (AvgIpc) is 3.24. The van der Waals surface area contributed by atoms with E-state index in [-0.39, 0.29) is 5.91 Å². The molecule has 0 bridgehead atoms. The van der Waals surface area contributed by atoms with Gasteiger partial charge in [0, 0.05) is 32.7 Å². The number of carboxylic acids is 1. The van der Waals surface area contributed by atoms with Gasteiger partial charge in [-0.15, -0.1) is 0 Å². The second-order valence-electron chi connectivity index (χ2n) is 5.92. The summed E-state index contributed by atoms with van der Waals surface area (Å²) in [6.45, 7) is 4.35. The summed E-state index contributed by atoms with van der Waals surface area (Å²) in [5.74, 6) is -0.213. The fraction of sp³-hybridized carbons (Fsp3) is 0.846. The highest BCUT2D eigenvalue weighted by atomic mass is 16.4. The molecule has 2 aliphatic carbocycles. The zero-order chi connectivity index (χ0) is 12.8. The summed E-state index contributed by atoms with van der Waals surface area (Å²) in [5, 5.41) is 9.13. The number of aliphatic carboxylic acids is 1. The normalized spacial score (nSPS) is 27.0. The van der Waals surface area contributed by atoms with Gasteiger partial charge in [0.1, 0.15) is 5.41 Å². The molecule has 3 aliphatic rings. The van der Waals surface area contributed by atoms with E-state index in [0.717, 1.165) is 25.6 Å². The summed E-state index contributed by atoms with van der Waals surface area (Å²) >= 11 is 0.